The Morgan fingerprint density at radius 1 is 0.346 bits per heavy atom. The Bertz CT molecular complexity index is 2860. The summed E-state index contributed by atoms with van der Waals surface area (Å²) in [6.07, 6.45) is 0. The second-order valence-corrected chi connectivity index (χ2v) is 18.7. The van der Waals surface area contributed by atoms with Crippen molar-refractivity contribution >= 4 is 47.3 Å². The first-order valence-corrected chi connectivity index (χ1v) is 25.7. The van der Waals surface area contributed by atoms with Crippen molar-refractivity contribution in [3.8, 4) is 0 Å². The molecule has 2 N–H and O–H groups in total. The van der Waals surface area contributed by atoms with Crippen LogP contribution in [0, 0.1) is 0 Å². The summed E-state index contributed by atoms with van der Waals surface area (Å²) >= 11 is 0. The molecule has 0 aromatic heterocycles. The molecule has 0 atom stereocenters. The molecule has 6 aromatic carbocycles. The van der Waals surface area contributed by atoms with Crippen LogP contribution in [0.15, 0.2) is 146 Å². The SMILES string of the molecule is O=C(NCc1ccc(C(=O)N2CCOCCOCCN(C(=O)c3ccc(CNC(=O)c4ccc(CN5C(=O)c6ccccc6C5=O)cc4)cc3)CCOCCOCC2)cc1)c1ccc(CN2C(=O)c3ccccc3C2=O)cc1. The molecule has 0 aliphatic carbocycles. The number of imide groups is 2. The minimum absolute atomic E-state index is 0.0943. The zero-order valence-corrected chi connectivity index (χ0v) is 42.9. The summed E-state index contributed by atoms with van der Waals surface area (Å²) in [4.78, 5) is 110. The van der Waals surface area contributed by atoms with Crippen molar-refractivity contribution in [3.63, 3.8) is 0 Å². The fraction of sp³-hybridized carbons (Fsp3) is 0.267. The Hall–Kier alpha value is -8.68. The van der Waals surface area contributed by atoms with E-state index >= 15 is 0 Å². The molecule has 0 unspecified atom stereocenters. The number of fused-ring (bicyclic) bond motifs is 2. The van der Waals surface area contributed by atoms with Crippen molar-refractivity contribution in [2.24, 2.45) is 0 Å². The molecular formula is C60H58N6O12. The standard InChI is InChI=1S/C60H58N6O12/c67-53(45-17-13-43(14-18-45)39-65-57(71)49-5-1-2-6-50(49)58(65)72)61-37-41-9-21-47(22-10-41)55(69)63-25-29-75-33-35-77-31-27-64(28-32-78-36-34-76-30-26-63)56(70)48-23-11-42(12-24-48)38-62-54(68)46-19-15-44(16-20-46)40-66-59(73)51-7-3-4-8-52(51)60(66)74/h1-24H,25-40H2,(H,61,67)(H,62,68). The molecule has 0 spiro atoms. The van der Waals surface area contributed by atoms with Gasteiger partial charge in [0.1, 0.15) is 0 Å². The molecule has 1 saturated heterocycles. The Balaban J connectivity index is 0.681. The maximum absolute atomic E-state index is 13.7. The molecule has 3 heterocycles. The first-order valence-electron chi connectivity index (χ1n) is 25.7. The van der Waals surface area contributed by atoms with Gasteiger partial charge < -0.3 is 39.4 Å². The highest BCUT2D eigenvalue weighted by atomic mass is 16.5. The van der Waals surface area contributed by atoms with Crippen LogP contribution >= 0.6 is 0 Å². The van der Waals surface area contributed by atoms with E-state index in [4.69, 9.17) is 18.9 Å². The van der Waals surface area contributed by atoms with E-state index in [2.05, 4.69) is 10.6 Å². The number of carbonyl (C=O) groups is 8. The van der Waals surface area contributed by atoms with Crippen molar-refractivity contribution in [3.05, 3.63) is 212 Å². The second-order valence-electron chi connectivity index (χ2n) is 18.7. The molecule has 18 nitrogen and oxygen atoms in total. The molecule has 9 rings (SSSR count). The Morgan fingerprint density at radius 3 is 0.910 bits per heavy atom. The van der Waals surface area contributed by atoms with Gasteiger partial charge in [-0.25, -0.2) is 0 Å². The smallest absolute Gasteiger partial charge is 0.261 e. The van der Waals surface area contributed by atoms with Gasteiger partial charge in [0.2, 0.25) is 0 Å². The zero-order chi connectivity index (χ0) is 54.4. The van der Waals surface area contributed by atoms with E-state index in [-0.39, 0.29) is 126 Å². The molecule has 18 heteroatoms. The molecular weight excluding hydrogens is 997 g/mol. The van der Waals surface area contributed by atoms with E-state index in [9.17, 15) is 38.4 Å². The van der Waals surface area contributed by atoms with Crippen LogP contribution in [-0.4, -0.2) is 146 Å². The van der Waals surface area contributed by atoms with Crippen molar-refractivity contribution in [1.29, 1.82) is 0 Å². The van der Waals surface area contributed by atoms with Gasteiger partial charge in [0.05, 0.1) is 88.2 Å². The fourth-order valence-corrected chi connectivity index (χ4v) is 9.09. The maximum Gasteiger partial charge on any atom is 0.261 e. The highest BCUT2D eigenvalue weighted by molar-refractivity contribution is 6.22. The number of nitrogens with zero attached hydrogens (tertiary/aromatic N) is 4. The van der Waals surface area contributed by atoms with Crippen LogP contribution in [0.4, 0.5) is 0 Å². The molecule has 3 aliphatic heterocycles. The summed E-state index contributed by atoms with van der Waals surface area (Å²) in [5, 5.41) is 5.80. The summed E-state index contributed by atoms with van der Waals surface area (Å²) in [6, 6.07) is 40.9. The summed E-state index contributed by atoms with van der Waals surface area (Å²) in [7, 11) is 0. The van der Waals surface area contributed by atoms with Gasteiger partial charge in [-0.15, -0.1) is 0 Å². The third-order valence-electron chi connectivity index (χ3n) is 13.5. The third kappa shape index (κ3) is 13.3. The van der Waals surface area contributed by atoms with Gasteiger partial charge in [-0.3, -0.25) is 48.2 Å². The first-order chi connectivity index (χ1) is 38.0. The molecule has 6 aromatic rings. The lowest BCUT2D eigenvalue weighted by Crippen LogP contribution is -2.38. The molecule has 0 radical (unpaired) electrons. The summed E-state index contributed by atoms with van der Waals surface area (Å²) in [5.41, 5.74) is 6.30. The normalized spacial score (nSPS) is 15.8. The number of rotatable bonds is 12. The van der Waals surface area contributed by atoms with Gasteiger partial charge >= 0.3 is 0 Å². The molecule has 1 fully saturated rings. The van der Waals surface area contributed by atoms with Crippen LogP contribution in [0.1, 0.15) is 105 Å². The Morgan fingerprint density at radius 2 is 0.615 bits per heavy atom. The van der Waals surface area contributed by atoms with Crippen LogP contribution < -0.4 is 10.6 Å². The number of hydrogen-bond donors (Lipinski definition) is 2. The van der Waals surface area contributed by atoms with E-state index in [1.54, 1.807) is 155 Å². The lowest BCUT2D eigenvalue weighted by atomic mass is 10.1. The number of benzene rings is 6. The maximum atomic E-state index is 13.7. The number of ether oxygens (including phenoxy) is 4. The number of carbonyl (C=O) groups excluding carboxylic acids is 8. The van der Waals surface area contributed by atoms with Crippen LogP contribution in [0.25, 0.3) is 0 Å². The average Bonchev–Trinajstić information content (AvgIpc) is 3.93. The van der Waals surface area contributed by atoms with Crippen molar-refractivity contribution in [2.75, 3.05) is 79.0 Å². The molecule has 0 saturated carbocycles. The quantitative estimate of drug-likeness (QED) is 0.139. The van der Waals surface area contributed by atoms with E-state index in [1.165, 1.54) is 9.80 Å². The summed E-state index contributed by atoms with van der Waals surface area (Å²) in [6.45, 7) is 3.99. The molecule has 8 amide bonds. The van der Waals surface area contributed by atoms with E-state index in [0.717, 1.165) is 11.1 Å². The summed E-state index contributed by atoms with van der Waals surface area (Å²) in [5.74, 6) is -2.37. The van der Waals surface area contributed by atoms with Crippen molar-refractivity contribution in [2.45, 2.75) is 26.2 Å². The lowest BCUT2D eigenvalue weighted by Gasteiger charge is -2.24. The molecule has 400 valence electrons. The van der Waals surface area contributed by atoms with Crippen molar-refractivity contribution in [1.82, 2.24) is 30.2 Å². The van der Waals surface area contributed by atoms with E-state index in [1.807, 2.05) is 0 Å². The average molecular weight is 1060 g/mol. The third-order valence-corrected chi connectivity index (χ3v) is 13.5. The van der Waals surface area contributed by atoms with Crippen LogP contribution in [-0.2, 0) is 45.1 Å². The van der Waals surface area contributed by atoms with E-state index in [0.29, 0.717) is 81.8 Å². The highest BCUT2D eigenvalue weighted by Gasteiger charge is 2.36. The van der Waals surface area contributed by atoms with Crippen molar-refractivity contribution < 1.29 is 57.3 Å². The molecule has 0 bridgehead atoms. The van der Waals surface area contributed by atoms with Gasteiger partial charge in [0.15, 0.2) is 0 Å². The van der Waals surface area contributed by atoms with Gasteiger partial charge in [-0.05, 0) is 95.1 Å². The first kappa shape index (κ1) is 54.1. The number of nitrogens with one attached hydrogen (secondary N) is 2. The Kier molecular flexibility index (Phi) is 18.0. The summed E-state index contributed by atoms with van der Waals surface area (Å²) < 4.78 is 23.4. The monoisotopic (exact) mass is 1050 g/mol. The fourth-order valence-electron chi connectivity index (χ4n) is 9.09. The highest BCUT2D eigenvalue weighted by Crippen LogP contribution is 2.26. The topological polar surface area (TPSA) is 210 Å². The van der Waals surface area contributed by atoms with Gasteiger partial charge in [0, 0.05) is 61.5 Å². The predicted molar refractivity (Wildman–Crippen MR) is 284 cm³/mol. The van der Waals surface area contributed by atoms with Crippen LogP contribution in [0.5, 0.6) is 0 Å². The lowest BCUT2D eigenvalue weighted by molar-refractivity contribution is 0.00889. The minimum Gasteiger partial charge on any atom is -0.377 e. The predicted octanol–water partition coefficient (Wildman–Crippen LogP) is 5.80. The molecule has 3 aliphatic rings. The van der Waals surface area contributed by atoms with Gasteiger partial charge in [-0.2, -0.15) is 0 Å². The second kappa shape index (κ2) is 25.9. The van der Waals surface area contributed by atoms with E-state index < -0.39 is 0 Å². The van der Waals surface area contributed by atoms with Crippen LogP contribution in [0.3, 0.4) is 0 Å². The largest absolute Gasteiger partial charge is 0.377 e. The minimum atomic E-state index is -0.343. The molecule has 78 heavy (non-hydrogen) atoms. The van der Waals surface area contributed by atoms with Crippen LogP contribution in [0.2, 0.25) is 0 Å². The zero-order valence-electron chi connectivity index (χ0n) is 42.9. The van der Waals surface area contributed by atoms with Gasteiger partial charge in [-0.1, -0.05) is 72.8 Å². The number of hydrogen-bond acceptors (Lipinski definition) is 12. The Labute approximate surface area is 450 Å². The number of amides is 8. The van der Waals surface area contributed by atoms with Gasteiger partial charge in [0.25, 0.3) is 47.3 Å².